The van der Waals surface area contributed by atoms with Crippen molar-refractivity contribution in [3.8, 4) is 11.3 Å². The second-order valence-corrected chi connectivity index (χ2v) is 6.90. The maximum absolute atomic E-state index is 12.8. The van der Waals surface area contributed by atoms with Gasteiger partial charge in [0, 0.05) is 25.0 Å². The molecule has 0 unspecified atom stereocenters. The molecular weight excluding hydrogens is 379 g/mol. The van der Waals surface area contributed by atoms with Gasteiger partial charge in [-0.25, -0.2) is 4.98 Å². The molecule has 29 heavy (non-hydrogen) atoms. The van der Waals surface area contributed by atoms with E-state index in [2.05, 4.69) is 15.0 Å². The Balaban J connectivity index is 1.64. The summed E-state index contributed by atoms with van der Waals surface area (Å²) >= 11 is 0. The molecule has 4 aromatic rings. The zero-order chi connectivity index (χ0) is 20.6. The zero-order valence-corrected chi connectivity index (χ0v) is 15.9. The minimum atomic E-state index is -4.36. The van der Waals surface area contributed by atoms with Gasteiger partial charge in [0.15, 0.2) is 5.65 Å². The van der Waals surface area contributed by atoms with Crippen LogP contribution in [0, 0.1) is 6.92 Å². The van der Waals surface area contributed by atoms with E-state index < -0.39 is 11.7 Å². The molecule has 0 aliphatic heterocycles. The van der Waals surface area contributed by atoms with E-state index in [1.54, 1.807) is 24.8 Å². The number of halogens is 3. The van der Waals surface area contributed by atoms with Crippen LogP contribution in [0.4, 0.5) is 18.9 Å². The molecule has 0 amide bonds. The average molecular weight is 397 g/mol. The van der Waals surface area contributed by atoms with Gasteiger partial charge in [0.05, 0.1) is 47.8 Å². The largest absolute Gasteiger partial charge is 0.416 e. The topological polar surface area (TPSA) is 46.3 Å². The van der Waals surface area contributed by atoms with Crippen LogP contribution in [-0.2, 0) is 12.7 Å². The van der Waals surface area contributed by atoms with Crippen molar-refractivity contribution in [2.45, 2.75) is 19.6 Å². The van der Waals surface area contributed by atoms with Crippen LogP contribution >= 0.6 is 0 Å². The van der Waals surface area contributed by atoms with E-state index in [4.69, 9.17) is 0 Å². The lowest BCUT2D eigenvalue weighted by Gasteiger charge is -2.19. The summed E-state index contributed by atoms with van der Waals surface area (Å²) in [5.41, 5.74) is 4.15. The van der Waals surface area contributed by atoms with Crippen LogP contribution in [0.1, 0.15) is 16.8 Å². The predicted molar refractivity (Wildman–Crippen MR) is 105 cm³/mol. The van der Waals surface area contributed by atoms with E-state index in [0.717, 1.165) is 29.1 Å². The normalized spacial score (nSPS) is 11.8. The first kappa shape index (κ1) is 18.9. The Bertz CT molecular complexity index is 1150. The van der Waals surface area contributed by atoms with Gasteiger partial charge >= 0.3 is 6.18 Å². The van der Waals surface area contributed by atoms with Gasteiger partial charge in [0.25, 0.3) is 0 Å². The molecule has 0 fully saturated rings. The van der Waals surface area contributed by atoms with Crippen LogP contribution in [0.3, 0.4) is 0 Å². The lowest BCUT2D eigenvalue weighted by molar-refractivity contribution is -0.137. The summed E-state index contributed by atoms with van der Waals surface area (Å²) in [6.45, 7) is 2.53. The highest BCUT2D eigenvalue weighted by Gasteiger charge is 2.30. The summed E-state index contributed by atoms with van der Waals surface area (Å²) in [6, 6.07) is 7.11. The molecule has 0 aliphatic carbocycles. The number of benzene rings is 1. The van der Waals surface area contributed by atoms with Gasteiger partial charge in [0.1, 0.15) is 0 Å². The maximum atomic E-state index is 12.8. The molecule has 3 heterocycles. The Hall–Kier alpha value is -3.42. The lowest BCUT2D eigenvalue weighted by Crippen LogP contribution is -2.18. The van der Waals surface area contributed by atoms with Crippen LogP contribution in [0.15, 0.2) is 61.3 Å². The molecule has 4 rings (SSSR count). The zero-order valence-electron chi connectivity index (χ0n) is 15.9. The van der Waals surface area contributed by atoms with Crippen LogP contribution in [0.2, 0.25) is 0 Å². The van der Waals surface area contributed by atoms with E-state index in [1.807, 2.05) is 35.5 Å². The molecule has 5 nitrogen and oxygen atoms in total. The first-order valence-electron chi connectivity index (χ1n) is 8.94. The van der Waals surface area contributed by atoms with Gasteiger partial charge < -0.3 is 4.90 Å². The minimum Gasteiger partial charge on any atom is -0.367 e. The second kappa shape index (κ2) is 7.20. The van der Waals surface area contributed by atoms with E-state index in [1.165, 1.54) is 12.1 Å². The minimum absolute atomic E-state index is 0.547. The highest BCUT2D eigenvalue weighted by molar-refractivity contribution is 5.63. The number of imidazole rings is 1. The number of aromatic nitrogens is 4. The fourth-order valence-electron chi connectivity index (χ4n) is 3.14. The molecule has 0 radical (unpaired) electrons. The smallest absolute Gasteiger partial charge is 0.367 e. The van der Waals surface area contributed by atoms with Crippen molar-refractivity contribution < 1.29 is 13.2 Å². The highest BCUT2D eigenvalue weighted by atomic mass is 19.4. The monoisotopic (exact) mass is 397 g/mol. The third-order valence-corrected chi connectivity index (χ3v) is 4.66. The lowest BCUT2D eigenvalue weighted by atomic mass is 10.1. The Morgan fingerprint density at radius 3 is 2.45 bits per heavy atom. The van der Waals surface area contributed by atoms with Crippen LogP contribution < -0.4 is 4.90 Å². The molecule has 0 saturated heterocycles. The molecule has 0 aliphatic rings. The Morgan fingerprint density at radius 2 is 1.76 bits per heavy atom. The fraction of sp³-hybridized carbons (Fsp3) is 0.190. The number of fused-ring (bicyclic) bond motifs is 1. The Labute approximate surface area is 165 Å². The molecule has 148 valence electrons. The van der Waals surface area contributed by atoms with E-state index in [9.17, 15) is 13.2 Å². The van der Waals surface area contributed by atoms with Crippen molar-refractivity contribution in [2.24, 2.45) is 0 Å². The van der Waals surface area contributed by atoms with Gasteiger partial charge in [-0.15, -0.1) is 0 Å². The third-order valence-electron chi connectivity index (χ3n) is 4.66. The van der Waals surface area contributed by atoms with Crippen LogP contribution in [-0.4, -0.2) is 26.4 Å². The van der Waals surface area contributed by atoms with E-state index in [-0.39, 0.29) is 0 Å². The Morgan fingerprint density at radius 1 is 1.00 bits per heavy atom. The first-order valence-corrected chi connectivity index (χ1v) is 8.94. The number of anilines is 1. The van der Waals surface area contributed by atoms with Gasteiger partial charge in [-0.3, -0.25) is 14.4 Å². The van der Waals surface area contributed by atoms with Crippen LogP contribution in [0.5, 0.6) is 0 Å². The third kappa shape index (κ3) is 3.91. The summed E-state index contributed by atoms with van der Waals surface area (Å²) in [4.78, 5) is 15.0. The van der Waals surface area contributed by atoms with Gasteiger partial charge in [-0.1, -0.05) is 12.1 Å². The first-order chi connectivity index (χ1) is 13.8. The van der Waals surface area contributed by atoms with E-state index in [0.29, 0.717) is 23.4 Å². The average Bonchev–Trinajstić information content (AvgIpc) is 3.10. The summed E-state index contributed by atoms with van der Waals surface area (Å²) in [5.74, 6) is 0. The molecule has 0 atom stereocenters. The molecule has 3 aromatic heterocycles. The molecule has 8 heteroatoms. The number of rotatable bonds is 4. The summed E-state index contributed by atoms with van der Waals surface area (Å²) in [6.07, 6.45) is 4.38. The predicted octanol–water partition coefficient (Wildman–Crippen LogP) is 4.75. The molecule has 0 N–H and O–H groups in total. The van der Waals surface area contributed by atoms with Gasteiger partial charge in [0.2, 0.25) is 0 Å². The van der Waals surface area contributed by atoms with Crippen LogP contribution in [0.25, 0.3) is 16.9 Å². The van der Waals surface area contributed by atoms with Crippen molar-refractivity contribution in [3.05, 3.63) is 78.1 Å². The molecule has 0 spiro atoms. The number of nitrogens with zero attached hydrogens (tertiary/aromatic N) is 5. The summed E-state index contributed by atoms with van der Waals surface area (Å²) < 4.78 is 40.3. The van der Waals surface area contributed by atoms with Crippen molar-refractivity contribution in [2.75, 3.05) is 11.9 Å². The second-order valence-electron chi connectivity index (χ2n) is 6.90. The van der Waals surface area contributed by atoms with Crippen molar-refractivity contribution in [1.29, 1.82) is 0 Å². The molecule has 0 saturated carbocycles. The quantitative estimate of drug-likeness (QED) is 0.498. The molecule has 1 aromatic carbocycles. The Kier molecular flexibility index (Phi) is 4.70. The summed E-state index contributed by atoms with van der Waals surface area (Å²) in [7, 11) is 1.95. The standard InChI is InChI=1S/C21H18F3N5/c1-14-7-18(9-25-8-14)28(2)12-17-13-29-19(10-27-20(29)11-26-17)15-3-5-16(6-4-15)21(22,23)24/h3-11,13H,12H2,1-2H3. The number of hydrogen-bond donors (Lipinski definition) is 0. The highest BCUT2D eigenvalue weighted by Crippen LogP contribution is 2.31. The number of pyridine rings is 1. The molecule has 0 bridgehead atoms. The molecular formula is C21H18F3N5. The maximum Gasteiger partial charge on any atom is 0.416 e. The van der Waals surface area contributed by atoms with Crippen molar-refractivity contribution in [1.82, 2.24) is 19.4 Å². The van der Waals surface area contributed by atoms with E-state index >= 15 is 0 Å². The van der Waals surface area contributed by atoms with Gasteiger partial charge in [-0.2, -0.15) is 13.2 Å². The fourth-order valence-corrected chi connectivity index (χ4v) is 3.14. The van der Waals surface area contributed by atoms with Gasteiger partial charge in [-0.05, 0) is 30.7 Å². The number of alkyl halides is 3. The summed E-state index contributed by atoms with van der Waals surface area (Å²) in [5, 5.41) is 0. The SMILES string of the molecule is Cc1cncc(N(C)Cc2cn3c(-c4ccc(C(F)(F)F)cc4)cnc3cn2)c1. The van der Waals surface area contributed by atoms with Crippen molar-refractivity contribution in [3.63, 3.8) is 0 Å². The number of hydrogen-bond acceptors (Lipinski definition) is 4. The van der Waals surface area contributed by atoms with Crippen molar-refractivity contribution >= 4 is 11.3 Å². The number of aryl methyl sites for hydroxylation is 1.